The van der Waals surface area contributed by atoms with Gasteiger partial charge in [0.15, 0.2) is 0 Å². The monoisotopic (exact) mass is 398 g/mol. The minimum atomic E-state index is -3.62. The van der Waals surface area contributed by atoms with Gasteiger partial charge in [-0.2, -0.15) is 0 Å². The number of para-hydroxylation sites is 2. The third-order valence-corrected chi connectivity index (χ3v) is 5.59. The average molecular weight is 398 g/mol. The number of benzene rings is 2. The van der Waals surface area contributed by atoms with Crippen molar-refractivity contribution in [3.8, 4) is 0 Å². The van der Waals surface area contributed by atoms with Gasteiger partial charge in [-0.3, -0.25) is 0 Å². The zero-order valence-corrected chi connectivity index (χ0v) is 13.6. The standard InChI is InChI=1S/C14H11IN2O2S/c1-10-8-11(15)6-7-14(10)20(18,19)17-9-16-12-4-2-3-5-13(12)17/h2-9H,1H3. The van der Waals surface area contributed by atoms with Crippen LogP contribution in [0.4, 0.5) is 0 Å². The molecule has 3 rings (SSSR count). The summed E-state index contributed by atoms with van der Waals surface area (Å²) in [5, 5.41) is 0. The van der Waals surface area contributed by atoms with Gasteiger partial charge in [0.2, 0.25) is 0 Å². The fourth-order valence-corrected chi connectivity index (χ4v) is 4.29. The van der Waals surface area contributed by atoms with E-state index in [0.717, 1.165) is 9.13 Å². The highest BCUT2D eigenvalue weighted by molar-refractivity contribution is 14.1. The highest BCUT2D eigenvalue weighted by Crippen LogP contribution is 2.23. The summed E-state index contributed by atoms with van der Waals surface area (Å²) in [4.78, 5) is 4.45. The smallest absolute Gasteiger partial charge is 0.236 e. The van der Waals surface area contributed by atoms with E-state index in [2.05, 4.69) is 27.6 Å². The van der Waals surface area contributed by atoms with Gasteiger partial charge in [0.05, 0.1) is 15.9 Å². The van der Waals surface area contributed by atoms with Crippen molar-refractivity contribution in [2.45, 2.75) is 11.8 Å². The van der Waals surface area contributed by atoms with Crippen LogP contribution in [0.25, 0.3) is 11.0 Å². The van der Waals surface area contributed by atoms with Crippen LogP contribution in [0.5, 0.6) is 0 Å². The van der Waals surface area contributed by atoms with Gasteiger partial charge in [-0.05, 0) is 65.4 Å². The number of rotatable bonds is 2. The number of halogens is 1. The largest absolute Gasteiger partial charge is 0.269 e. The lowest BCUT2D eigenvalue weighted by Crippen LogP contribution is -2.13. The first-order valence-corrected chi connectivity index (χ1v) is 8.46. The SMILES string of the molecule is Cc1cc(I)ccc1S(=O)(=O)n1cnc2ccccc21. The molecule has 6 heteroatoms. The second-order valence-corrected chi connectivity index (χ2v) is 7.47. The van der Waals surface area contributed by atoms with E-state index in [1.54, 1.807) is 37.3 Å². The van der Waals surface area contributed by atoms with Crippen LogP contribution in [-0.4, -0.2) is 17.4 Å². The third kappa shape index (κ3) is 2.12. The highest BCUT2D eigenvalue weighted by atomic mass is 127. The first kappa shape index (κ1) is 13.6. The molecule has 0 fully saturated rings. The van der Waals surface area contributed by atoms with Gasteiger partial charge in [0.1, 0.15) is 6.33 Å². The van der Waals surface area contributed by atoms with Gasteiger partial charge in [-0.25, -0.2) is 17.4 Å². The van der Waals surface area contributed by atoms with E-state index >= 15 is 0 Å². The molecule has 20 heavy (non-hydrogen) atoms. The molecular weight excluding hydrogens is 387 g/mol. The van der Waals surface area contributed by atoms with Crippen molar-refractivity contribution >= 4 is 43.6 Å². The molecule has 4 nitrogen and oxygen atoms in total. The van der Waals surface area contributed by atoms with E-state index in [4.69, 9.17) is 0 Å². The predicted molar refractivity (Wildman–Crippen MR) is 86.2 cm³/mol. The third-order valence-electron chi connectivity index (χ3n) is 3.09. The lowest BCUT2D eigenvalue weighted by atomic mass is 10.2. The lowest BCUT2D eigenvalue weighted by Gasteiger charge is -2.09. The number of aromatic nitrogens is 2. The molecule has 2 aromatic carbocycles. The van der Waals surface area contributed by atoms with Gasteiger partial charge < -0.3 is 0 Å². The summed E-state index contributed by atoms with van der Waals surface area (Å²) in [6.07, 6.45) is 1.36. The first-order valence-electron chi connectivity index (χ1n) is 5.94. The van der Waals surface area contributed by atoms with Crippen LogP contribution in [0, 0.1) is 10.5 Å². The molecule has 0 radical (unpaired) electrons. The molecule has 0 N–H and O–H groups in total. The molecule has 0 bridgehead atoms. The molecule has 0 atom stereocenters. The van der Waals surface area contributed by atoms with Gasteiger partial charge in [0.25, 0.3) is 10.0 Å². The summed E-state index contributed by atoms with van der Waals surface area (Å²) in [5.74, 6) is 0. The zero-order chi connectivity index (χ0) is 14.3. The lowest BCUT2D eigenvalue weighted by molar-refractivity contribution is 0.588. The molecule has 102 valence electrons. The predicted octanol–water partition coefficient (Wildman–Crippen LogP) is 3.19. The number of aryl methyl sites for hydroxylation is 1. The Morgan fingerprint density at radius 2 is 1.90 bits per heavy atom. The van der Waals surface area contributed by atoms with E-state index in [-0.39, 0.29) is 0 Å². The van der Waals surface area contributed by atoms with Crippen molar-refractivity contribution in [2.75, 3.05) is 0 Å². The molecule has 0 aliphatic heterocycles. The van der Waals surface area contributed by atoms with Crippen LogP contribution in [0.15, 0.2) is 53.7 Å². The van der Waals surface area contributed by atoms with Gasteiger partial charge >= 0.3 is 0 Å². The van der Waals surface area contributed by atoms with Crippen LogP contribution >= 0.6 is 22.6 Å². The quantitative estimate of drug-likeness (QED) is 0.624. The van der Waals surface area contributed by atoms with Crippen molar-refractivity contribution in [3.05, 3.63) is 57.9 Å². The van der Waals surface area contributed by atoms with E-state index in [1.165, 1.54) is 10.3 Å². The maximum atomic E-state index is 12.8. The van der Waals surface area contributed by atoms with Gasteiger partial charge in [0, 0.05) is 3.57 Å². The van der Waals surface area contributed by atoms with E-state index in [9.17, 15) is 8.42 Å². The fraction of sp³-hybridized carbons (Fsp3) is 0.0714. The summed E-state index contributed by atoms with van der Waals surface area (Å²) in [6, 6.07) is 12.5. The summed E-state index contributed by atoms with van der Waals surface area (Å²) in [7, 11) is -3.62. The van der Waals surface area contributed by atoms with Gasteiger partial charge in [-0.15, -0.1) is 0 Å². The molecule has 0 unspecified atom stereocenters. The molecule has 0 aliphatic rings. The maximum absolute atomic E-state index is 12.8. The molecular formula is C14H11IN2O2S. The highest BCUT2D eigenvalue weighted by Gasteiger charge is 2.21. The fourth-order valence-electron chi connectivity index (χ4n) is 2.14. The molecule has 0 aliphatic carbocycles. The Morgan fingerprint density at radius 3 is 2.65 bits per heavy atom. The van der Waals surface area contributed by atoms with E-state index in [0.29, 0.717) is 15.9 Å². The van der Waals surface area contributed by atoms with Crippen molar-refractivity contribution in [2.24, 2.45) is 0 Å². The Balaban J connectivity index is 2.26. The molecule has 1 heterocycles. The molecule has 0 saturated carbocycles. The average Bonchev–Trinajstić information content (AvgIpc) is 2.82. The van der Waals surface area contributed by atoms with E-state index < -0.39 is 10.0 Å². The van der Waals surface area contributed by atoms with Crippen LogP contribution in [0.2, 0.25) is 0 Å². The van der Waals surface area contributed by atoms with Crippen LogP contribution in [-0.2, 0) is 10.0 Å². The van der Waals surface area contributed by atoms with Crippen molar-refractivity contribution < 1.29 is 8.42 Å². The Labute approximate surface area is 130 Å². The second kappa shape index (κ2) is 4.85. The minimum Gasteiger partial charge on any atom is -0.236 e. The Hall–Kier alpha value is -1.41. The number of hydrogen-bond donors (Lipinski definition) is 0. The van der Waals surface area contributed by atoms with E-state index in [1.807, 2.05) is 12.1 Å². The minimum absolute atomic E-state index is 0.307. The van der Waals surface area contributed by atoms with Gasteiger partial charge in [-0.1, -0.05) is 12.1 Å². The molecule has 0 saturated heterocycles. The topological polar surface area (TPSA) is 52.0 Å². The molecule has 0 spiro atoms. The molecule has 3 aromatic rings. The normalized spacial score (nSPS) is 11.9. The first-order chi connectivity index (χ1) is 9.50. The maximum Gasteiger partial charge on any atom is 0.269 e. The van der Waals surface area contributed by atoms with Crippen LogP contribution in [0.1, 0.15) is 5.56 Å². The zero-order valence-electron chi connectivity index (χ0n) is 10.6. The number of fused-ring (bicyclic) bond motifs is 1. The van der Waals surface area contributed by atoms with Crippen molar-refractivity contribution in [1.29, 1.82) is 0 Å². The number of hydrogen-bond acceptors (Lipinski definition) is 3. The summed E-state index contributed by atoms with van der Waals surface area (Å²) in [5.41, 5.74) is 1.99. The summed E-state index contributed by atoms with van der Waals surface area (Å²) in [6.45, 7) is 1.80. The van der Waals surface area contributed by atoms with Crippen LogP contribution < -0.4 is 0 Å². The second-order valence-electron chi connectivity index (χ2n) is 4.44. The molecule has 0 amide bonds. The summed E-state index contributed by atoms with van der Waals surface area (Å²) >= 11 is 2.16. The Morgan fingerprint density at radius 1 is 1.15 bits per heavy atom. The Kier molecular flexibility index (Phi) is 3.29. The van der Waals surface area contributed by atoms with Crippen molar-refractivity contribution in [3.63, 3.8) is 0 Å². The number of imidazole rings is 1. The molecule has 1 aromatic heterocycles. The summed E-state index contributed by atoms with van der Waals surface area (Å²) < 4.78 is 27.8. The number of nitrogens with zero attached hydrogens (tertiary/aromatic N) is 2. The van der Waals surface area contributed by atoms with Crippen LogP contribution in [0.3, 0.4) is 0 Å². The van der Waals surface area contributed by atoms with Crippen molar-refractivity contribution in [1.82, 2.24) is 8.96 Å². The Bertz CT molecular complexity index is 900.